The summed E-state index contributed by atoms with van der Waals surface area (Å²) >= 11 is 0. The van der Waals surface area contributed by atoms with Crippen LogP contribution in [0.1, 0.15) is 24.5 Å². The van der Waals surface area contributed by atoms with Gasteiger partial charge in [0, 0.05) is 35.4 Å². The van der Waals surface area contributed by atoms with E-state index in [1.165, 1.54) is 12.1 Å². The average Bonchev–Trinajstić information content (AvgIpc) is 2.33. The summed E-state index contributed by atoms with van der Waals surface area (Å²) < 4.78 is 49.2. The Morgan fingerprint density at radius 2 is 1.95 bits per heavy atom. The van der Waals surface area contributed by atoms with Crippen molar-refractivity contribution in [3.8, 4) is 0 Å². The number of alkyl halides is 3. The average molecular weight is 293 g/mol. The molecule has 0 fully saturated rings. The highest BCUT2D eigenvalue weighted by Crippen LogP contribution is 2.31. The fourth-order valence-electron chi connectivity index (χ4n) is 1.68. The van der Waals surface area contributed by atoms with Gasteiger partial charge in [-0.2, -0.15) is 13.2 Å². The first kappa shape index (κ1) is 16.2. The molecular weight excluding hydrogens is 275 g/mol. The Bertz CT molecular complexity index is 434. The van der Waals surface area contributed by atoms with E-state index in [0.29, 0.717) is 12.2 Å². The molecule has 0 aliphatic heterocycles. The Hall–Kier alpha value is -0.880. The lowest BCUT2D eigenvalue weighted by atomic mass is 10.1. The molecule has 0 heterocycles. The van der Waals surface area contributed by atoms with Gasteiger partial charge in [0.05, 0.1) is 5.56 Å². The molecule has 2 atom stereocenters. The third-order valence-electron chi connectivity index (χ3n) is 2.80. The van der Waals surface area contributed by atoms with E-state index in [4.69, 9.17) is 0 Å². The monoisotopic (exact) mass is 293 g/mol. The van der Waals surface area contributed by atoms with Gasteiger partial charge in [-0.3, -0.25) is 4.21 Å². The number of halogens is 3. The standard InChI is InChI=1S/C13H18F3NOS/c1-10(7-8-19(2)18)17-9-11-5-3-4-6-12(11)13(14,15)16/h3-6,10,17H,7-9H2,1-2H3/t10-,19+/m1/s1. The summed E-state index contributed by atoms with van der Waals surface area (Å²) in [6.45, 7) is 2.04. The van der Waals surface area contributed by atoms with Gasteiger partial charge in [-0.25, -0.2) is 0 Å². The van der Waals surface area contributed by atoms with E-state index in [9.17, 15) is 17.4 Å². The molecule has 0 aliphatic carbocycles. The maximum Gasteiger partial charge on any atom is 0.416 e. The molecule has 0 bridgehead atoms. The molecule has 1 rings (SSSR count). The van der Waals surface area contributed by atoms with E-state index in [0.717, 1.165) is 6.07 Å². The van der Waals surface area contributed by atoms with Crippen molar-refractivity contribution in [2.45, 2.75) is 32.1 Å². The molecule has 0 unspecified atom stereocenters. The number of hydrogen-bond acceptors (Lipinski definition) is 2. The summed E-state index contributed by atoms with van der Waals surface area (Å²) in [7, 11) is -0.873. The van der Waals surface area contributed by atoms with Crippen LogP contribution in [0.25, 0.3) is 0 Å². The minimum atomic E-state index is -4.33. The van der Waals surface area contributed by atoms with Gasteiger partial charge in [0.25, 0.3) is 0 Å². The molecule has 0 spiro atoms. The molecule has 6 heteroatoms. The summed E-state index contributed by atoms with van der Waals surface area (Å²) in [6, 6.07) is 5.57. The Kier molecular flexibility index (Phi) is 6.00. The predicted molar refractivity (Wildman–Crippen MR) is 71.3 cm³/mol. The zero-order chi connectivity index (χ0) is 14.5. The van der Waals surface area contributed by atoms with Gasteiger partial charge in [-0.1, -0.05) is 18.2 Å². The highest BCUT2D eigenvalue weighted by molar-refractivity contribution is 7.84. The zero-order valence-corrected chi connectivity index (χ0v) is 11.8. The van der Waals surface area contributed by atoms with Crippen molar-refractivity contribution >= 4 is 10.8 Å². The quantitative estimate of drug-likeness (QED) is 0.873. The van der Waals surface area contributed by atoms with Gasteiger partial charge in [0.1, 0.15) is 0 Å². The Labute approximate surface area is 113 Å². The van der Waals surface area contributed by atoms with Crippen LogP contribution in [0.3, 0.4) is 0 Å². The van der Waals surface area contributed by atoms with E-state index in [1.54, 1.807) is 12.3 Å². The normalized spacial score (nSPS) is 15.2. The highest BCUT2D eigenvalue weighted by atomic mass is 32.2. The van der Waals surface area contributed by atoms with Crippen molar-refractivity contribution in [2.75, 3.05) is 12.0 Å². The van der Waals surface area contributed by atoms with Crippen LogP contribution in [0.15, 0.2) is 24.3 Å². The Balaban J connectivity index is 2.60. The van der Waals surface area contributed by atoms with Gasteiger partial charge >= 0.3 is 6.18 Å². The lowest BCUT2D eigenvalue weighted by Gasteiger charge is -2.16. The minimum absolute atomic E-state index is 0.0326. The summed E-state index contributed by atoms with van der Waals surface area (Å²) in [4.78, 5) is 0. The lowest BCUT2D eigenvalue weighted by Crippen LogP contribution is -2.28. The van der Waals surface area contributed by atoms with Crippen molar-refractivity contribution in [3.05, 3.63) is 35.4 Å². The highest BCUT2D eigenvalue weighted by Gasteiger charge is 2.32. The smallest absolute Gasteiger partial charge is 0.310 e. The molecular formula is C13H18F3NOS. The second-order valence-corrected chi connectivity index (χ2v) is 6.06. The van der Waals surface area contributed by atoms with Gasteiger partial charge in [0.2, 0.25) is 0 Å². The topological polar surface area (TPSA) is 29.1 Å². The molecule has 0 aromatic heterocycles. The molecule has 1 aromatic rings. The molecule has 0 radical (unpaired) electrons. The first-order valence-corrected chi connectivity index (χ1v) is 7.72. The Morgan fingerprint density at radius 1 is 1.32 bits per heavy atom. The third kappa shape index (κ3) is 5.74. The lowest BCUT2D eigenvalue weighted by molar-refractivity contribution is -0.138. The summed E-state index contributed by atoms with van der Waals surface area (Å²) in [6.07, 6.45) is -2.03. The Morgan fingerprint density at radius 3 is 2.53 bits per heavy atom. The van der Waals surface area contributed by atoms with Crippen LogP contribution in [0.5, 0.6) is 0 Å². The van der Waals surface area contributed by atoms with Crippen molar-refractivity contribution in [2.24, 2.45) is 0 Å². The SMILES string of the molecule is C[C@H](CC[S@](C)=O)NCc1ccccc1C(F)(F)F. The molecule has 1 aromatic carbocycles. The van der Waals surface area contributed by atoms with Gasteiger partial charge in [-0.05, 0) is 25.0 Å². The predicted octanol–water partition coefficient (Wildman–Crippen LogP) is 2.95. The van der Waals surface area contributed by atoms with Crippen molar-refractivity contribution in [1.82, 2.24) is 5.32 Å². The van der Waals surface area contributed by atoms with Crippen LogP contribution in [0.4, 0.5) is 13.2 Å². The summed E-state index contributed by atoms with van der Waals surface area (Å²) in [5, 5.41) is 3.03. The van der Waals surface area contributed by atoms with Crippen molar-refractivity contribution in [1.29, 1.82) is 0 Å². The molecule has 0 aliphatic rings. The zero-order valence-electron chi connectivity index (χ0n) is 11.0. The van der Waals surface area contributed by atoms with Crippen molar-refractivity contribution in [3.63, 3.8) is 0 Å². The van der Waals surface area contributed by atoms with Gasteiger partial charge in [0.15, 0.2) is 0 Å². The maximum atomic E-state index is 12.8. The van der Waals surface area contributed by atoms with Crippen LogP contribution < -0.4 is 5.32 Å². The van der Waals surface area contributed by atoms with Crippen LogP contribution >= 0.6 is 0 Å². The molecule has 108 valence electrons. The van der Waals surface area contributed by atoms with E-state index in [2.05, 4.69) is 5.32 Å². The minimum Gasteiger partial charge on any atom is -0.310 e. The summed E-state index contributed by atoms with van der Waals surface area (Å²) in [5.41, 5.74) is -0.367. The van der Waals surface area contributed by atoms with Gasteiger partial charge < -0.3 is 5.32 Å². The first-order valence-electron chi connectivity index (χ1n) is 5.99. The van der Waals surface area contributed by atoms with Crippen LogP contribution in [-0.2, 0) is 23.5 Å². The maximum absolute atomic E-state index is 12.8. The first-order chi connectivity index (χ1) is 8.80. The van der Waals surface area contributed by atoms with Crippen LogP contribution in [-0.4, -0.2) is 22.3 Å². The van der Waals surface area contributed by atoms with E-state index < -0.39 is 22.5 Å². The molecule has 0 saturated heterocycles. The largest absolute Gasteiger partial charge is 0.416 e. The molecule has 1 N–H and O–H groups in total. The second kappa shape index (κ2) is 7.05. The number of rotatable bonds is 6. The van der Waals surface area contributed by atoms with E-state index >= 15 is 0 Å². The number of hydrogen-bond donors (Lipinski definition) is 1. The molecule has 2 nitrogen and oxygen atoms in total. The molecule has 0 saturated carbocycles. The van der Waals surface area contributed by atoms with Crippen molar-refractivity contribution < 1.29 is 17.4 Å². The molecule has 19 heavy (non-hydrogen) atoms. The van der Waals surface area contributed by atoms with E-state index in [-0.39, 0.29) is 18.2 Å². The third-order valence-corrected chi connectivity index (χ3v) is 3.61. The van der Waals surface area contributed by atoms with Crippen LogP contribution in [0.2, 0.25) is 0 Å². The fourth-order valence-corrected chi connectivity index (χ4v) is 2.37. The molecule has 0 amide bonds. The van der Waals surface area contributed by atoms with Gasteiger partial charge in [-0.15, -0.1) is 0 Å². The van der Waals surface area contributed by atoms with Crippen LogP contribution in [0, 0.1) is 0 Å². The number of nitrogens with one attached hydrogen (secondary N) is 1. The fraction of sp³-hybridized carbons (Fsp3) is 0.538. The second-order valence-electron chi connectivity index (χ2n) is 4.50. The number of benzene rings is 1. The van der Waals surface area contributed by atoms with E-state index in [1.807, 2.05) is 6.92 Å². The summed E-state index contributed by atoms with van der Waals surface area (Å²) in [5.74, 6) is 0.551.